The fourth-order valence-corrected chi connectivity index (χ4v) is 3.44. The number of hydroxylamine groups is 2. The summed E-state index contributed by atoms with van der Waals surface area (Å²) in [5, 5.41) is 1.35. The molecule has 3 rings (SSSR count). The Morgan fingerprint density at radius 1 is 1.64 bits per heavy atom. The van der Waals surface area contributed by atoms with Crippen molar-refractivity contribution in [2.24, 2.45) is 0 Å². The molecule has 1 unspecified atom stereocenters. The predicted molar refractivity (Wildman–Crippen MR) is 80.2 cm³/mol. The highest BCUT2D eigenvalue weighted by atomic mass is 32.1. The first-order valence-corrected chi connectivity index (χ1v) is 7.59. The van der Waals surface area contributed by atoms with Crippen LogP contribution < -0.4 is 0 Å². The van der Waals surface area contributed by atoms with Gasteiger partial charge in [-0.25, -0.2) is 14.6 Å². The molecule has 2 amide bonds. The molecule has 0 aliphatic carbocycles. The number of amides is 2. The number of ether oxygens (including phenoxy) is 1. The van der Waals surface area contributed by atoms with Gasteiger partial charge in [-0.2, -0.15) is 5.06 Å². The third-order valence-electron chi connectivity index (χ3n) is 3.57. The second-order valence-electron chi connectivity index (χ2n) is 4.79. The highest BCUT2D eigenvalue weighted by Gasteiger charge is 2.44. The third-order valence-corrected chi connectivity index (χ3v) is 4.44. The molecule has 22 heavy (non-hydrogen) atoms. The lowest BCUT2D eigenvalue weighted by Gasteiger charge is -2.24. The van der Waals surface area contributed by atoms with Gasteiger partial charge in [-0.15, -0.1) is 17.9 Å². The molecular formula is C14H15N3O4S. The smallest absolute Gasteiger partial charge is 0.358 e. The molecule has 2 aliphatic heterocycles. The number of hydrogen-bond donors (Lipinski definition) is 0. The van der Waals surface area contributed by atoms with E-state index in [-0.39, 0.29) is 24.4 Å². The van der Waals surface area contributed by atoms with E-state index >= 15 is 0 Å². The van der Waals surface area contributed by atoms with Gasteiger partial charge in [0, 0.05) is 6.54 Å². The number of rotatable bonds is 5. The lowest BCUT2D eigenvalue weighted by atomic mass is 10.0. The molecular weight excluding hydrogens is 306 g/mol. The third kappa shape index (κ3) is 2.30. The van der Waals surface area contributed by atoms with Crippen molar-refractivity contribution >= 4 is 28.9 Å². The predicted octanol–water partition coefficient (Wildman–Crippen LogP) is 1.55. The van der Waals surface area contributed by atoms with Crippen LogP contribution in [0.1, 0.15) is 15.4 Å². The van der Waals surface area contributed by atoms with Gasteiger partial charge in [0.1, 0.15) is 6.04 Å². The Labute approximate surface area is 131 Å². The van der Waals surface area contributed by atoms with E-state index < -0.39 is 5.97 Å². The van der Waals surface area contributed by atoms with E-state index in [2.05, 4.69) is 11.6 Å². The van der Waals surface area contributed by atoms with Gasteiger partial charge in [0.15, 0.2) is 5.69 Å². The first-order chi connectivity index (χ1) is 10.7. The molecule has 2 aliphatic rings. The van der Waals surface area contributed by atoms with Crippen molar-refractivity contribution in [3.8, 4) is 0 Å². The number of methoxy groups -OCH3 is 1. The largest absolute Gasteiger partial charge is 0.464 e. The minimum absolute atomic E-state index is 0.178. The minimum Gasteiger partial charge on any atom is -0.464 e. The highest BCUT2D eigenvalue weighted by Crippen LogP contribution is 2.36. The number of hydrogen-bond acceptors (Lipinski definition) is 6. The van der Waals surface area contributed by atoms with Gasteiger partial charge in [0.2, 0.25) is 0 Å². The molecule has 0 N–H and O–H groups in total. The van der Waals surface area contributed by atoms with Gasteiger partial charge in [0.25, 0.3) is 0 Å². The number of aromatic nitrogens is 1. The Kier molecular flexibility index (Phi) is 3.95. The van der Waals surface area contributed by atoms with Gasteiger partial charge < -0.3 is 9.64 Å². The molecule has 0 aromatic carbocycles. The normalized spacial score (nSPS) is 20.1. The summed E-state index contributed by atoms with van der Waals surface area (Å²) >= 11 is 1.35. The topological polar surface area (TPSA) is 72.0 Å². The number of carbonyl (C=O) groups excluding carboxylic acids is 2. The zero-order valence-electron chi connectivity index (χ0n) is 12.0. The van der Waals surface area contributed by atoms with E-state index in [4.69, 9.17) is 9.57 Å². The Morgan fingerprint density at radius 3 is 3.18 bits per heavy atom. The van der Waals surface area contributed by atoms with E-state index in [0.717, 1.165) is 10.5 Å². The number of thiazole rings is 1. The van der Waals surface area contributed by atoms with Crippen LogP contribution in [-0.4, -0.2) is 59.8 Å². The molecule has 0 spiro atoms. The highest BCUT2D eigenvalue weighted by molar-refractivity contribution is 7.11. The fraction of sp³-hybridized carbons (Fsp3) is 0.357. The maximum atomic E-state index is 12.2. The number of nitrogens with zero attached hydrogens (tertiary/aromatic N) is 3. The first kappa shape index (κ1) is 14.7. The summed E-state index contributed by atoms with van der Waals surface area (Å²) in [6, 6.07) is -0.438. The second kappa shape index (κ2) is 5.90. The molecule has 8 heteroatoms. The standard InChI is InChI=1S/C14H15N3O4S/c1-3-6-21-17-10-7-16(14(17)19)5-4-9(10)12-11(13(18)20-2)15-8-22-12/h3-4,8,10H,1,5-7H2,2H3. The Balaban J connectivity index is 1.93. The summed E-state index contributed by atoms with van der Waals surface area (Å²) in [5.74, 6) is -0.484. The summed E-state index contributed by atoms with van der Waals surface area (Å²) in [7, 11) is 1.32. The molecule has 7 nitrogen and oxygen atoms in total. The van der Waals surface area contributed by atoms with Crippen LogP contribution in [0.15, 0.2) is 24.2 Å². The maximum Gasteiger partial charge on any atom is 0.358 e. The summed E-state index contributed by atoms with van der Waals surface area (Å²) in [4.78, 5) is 36.0. The number of carbonyl (C=O) groups is 2. The maximum absolute atomic E-state index is 12.2. The molecule has 1 saturated heterocycles. The molecule has 1 atom stereocenters. The molecule has 1 fully saturated rings. The molecule has 1 aromatic heterocycles. The lowest BCUT2D eigenvalue weighted by Crippen LogP contribution is -2.34. The molecule has 0 saturated carbocycles. The van der Waals surface area contributed by atoms with Crippen molar-refractivity contribution in [3.05, 3.63) is 34.8 Å². The summed E-state index contributed by atoms with van der Waals surface area (Å²) in [6.45, 7) is 4.85. The van der Waals surface area contributed by atoms with Gasteiger partial charge >= 0.3 is 12.0 Å². The summed E-state index contributed by atoms with van der Waals surface area (Å²) < 4.78 is 4.76. The van der Waals surface area contributed by atoms with Crippen LogP contribution in [0.2, 0.25) is 0 Å². The molecule has 0 radical (unpaired) electrons. The quantitative estimate of drug-likeness (QED) is 0.608. The van der Waals surface area contributed by atoms with Gasteiger partial charge in [-0.05, 0) is 5.57 Å². The van der Waals surface area contributed by atoms with Crippen molar-refractivity contribution in [2.45, 2.75) is 6.04 Å². The van der Waals surface area contributed by atoms with E-state index in [0.29, 0.717) is 13.1 Å². The van der Waals surface area contributed by atoms with Crippen molar-refractivity contribution in [1.82, 2.24) is 14.9 Å². The van der Waals surface area contributed by atoms with Gasteiger partial charge in [-0.3, -0.25) is 4.84 Å². The molecule has 116 valence electrons. The van der Waals surface area contributed by atoms with Crippen LogP contribution in [-0.2, 0) is 9.57 Å². The number of urea groups is 1. The number of esters is 1. The van der Waals surface area contributed by atoms with Crippen molar-refractivity contribution in [2.75, 3.05) is 26.8 Å². The van der Waals surface area contributed by atoms with Gasteiger partial charge in [-0.1, -0.05) is 12.2 Å². The lowest BCUT2D eigenvalue weighted by molar-refractivity contribution is -0.105. The van der Waals surface area contributed by atoms with E-state index in [1.165, 1.54) is 23.5 Å². The van der Waals surface area contributed by atoms with Crippen LogP contribution in [0.5, 0.6) is 0 Å². The van der Waals surface area contributed by atoms with Crippen LogP contribution >= 0.6 is 11.3 Å². The molecule has 3 heterocycles. The van der Waals surface area contributed by atoms with Crippen LogP contribution in [0.3, 0.4) is 0 Å². The average Bonchev–Trinajstić information content (AvgIpc) is 3.11. The van der Waals surface area contributed by atoms with Crippen LogP contribution in [0.4, 0.5) is 4.79 Å². The Bertz CT molecular complexity index is 654. The average molecular weight is 321 g/mol. The Morgan fingerprint density at radius 2 is 2.45 bits per heavy atom. The van der Waals surface area contributed by atoms with Crippen molar-refractivity contribution in [1.29, 1.82) is 0 Å². The van der Waals surface area contributed by atoms with Gasteiger partial charge in [0.05, 0.1) is 30.6 Å². The minimum atomic E-state index is -0.484. The van der Waals surface area contributed by atoms with E-state index in [1.54, 1.807) is 16.5 Å². The SMILES string of the molecule is C=CCON1C(=O)N2CC=C(c3scnc3C(=O)OC)C1C2. The van der Waals surface area contributed by atoms with Crippen molar-refractivity contribution in [3.63, 3.8) is 0 Å². The molecule has 2 bridgehead atoms. The first-order valence-electron chi connectivity index (χ1n) is 6.71. The second-order valence-corrected chi connectivity index (χ2v) is 5.65. The van der Waals surface area contributed by atoms with Crippen LogP contribution in [0.25, 0.3) is 5.57 Å². The number of fused-ring (bicyclic) bond motifs is 2. The Hall–Kier alpha value is -2.19. The van der Waals surface area contributed by atoms with E-state index in [1.807, 2.05) is 6.08 Å². The van der Waals surface area contributed by atoms with Crippen molar-refractivity contribution < 1.29 is 19.2 Å². The fourth-order valence-electron chi connectivity index (χ4n) is 2.57. The molecule has 1 aromatic rings. The monoisotopic (exact) mass is 321 g/mol. The summed E-state index contributed by atoms with van der Waals surface area (Å²) in [5.41, 5.74) is 2.74. The van der Waals surface area contributed by atoms with Crippen LogP contribution in [0, 0.1) is 0 Å². The zero-order chi connectivity index (χ0) is 15.7. The van der Waals surface area contributed by atoms with E-state index in [9.17, 15) is 9.59 Å². The zero-order valence-corrected chi connectivity index (χ0v) is 12.8. The summed E-state index contributed by atoms with van der Waals surface area (Å²) in [6.07, 6.45) is 3.52.